The zero-order chi connectivity index (χ0) is 12.4. The molecule has 16 heavy (non-hydrogen) atoms. The summed E-state index contributed by atoms with van der Waals surface area (Å²) in [6.07, 6.45) is 2.03. The van der Waals surface area contributed by atoms with Crippen molar-refractivity contribution < 1.29 is 14.7 Å². The summed E-state index contributed by atoms with van der Waals surface area (Å²) < 4.78 is 0. The van der Waals surface area contributed by atoms with Crippen LogP contribution in [0.4, 0.5) is 4.79 Å². The Kier molecular flexibility index (Phi) is 7.33. The molecule has 2 amide bonds. The summed E-state index contributed by atoms with van der Waals surface area (Å²) in [6.45, 7) is 5.46. The van der Waals surface area contributed by atoms with Crippen molar-refractivity contribution in [2.24, 2.45) is 0 Å². The highest BCUT2D eigenvalue weighted by atomic mass is 16.4. The van der Waals surface area contributed by atoms with Crippen molar-refractivity contribution in [2.75, 3.05) is 19.6 Å². The van der Waals surface area contributed by atoms with E-state index in [1.165, 1.54) is 6.08 Å². The van der Waals surface area contributed by atoms with Crippen LogP contribution in [0, 0.1) is 11.8 Å². The van der Waals surface area contributed by atoms with Crippen LogP contribution < -0.4 is 5.32 Å². The molecule has 0 aromatic heterocycles. The van der Waals surface area contributed by atoms with Crippen LogP contribution in [-0.4, -0.2) is 41.6 Å². The zero-order valence-corrected chi connectivity index (χ0v) is 9.32. The molecule has 5 heteroatoms. The van der Waals surface area contributed by atoms with E-state index in [-0.39, 0.29) is 13.1 Å². The first-order chi connectivity index (χ1) is 7.61. The summed E-state index contributed by atoms with van der Waals surface area (Å²) in [5, 5.41) is 11.2. The topological polar surface area (TPSA) is 69.6 Å². The maximum absolute atomic E-state index is 11.5. The smallest absolute Gasteiger partial charge is 0.323 e. The van der Waals surface area contributed by atoms with E-state index in [2.05, 4.69) is 23.7 Å². The normalized spacial score (nSPS) is 8.56. The number of carbonyl (C=O) groups is 2. The molecule has 0 saturated carbocycles. The third-order valence-electron chi connectivity index (χ3n) is 1.67. The summed E-state index contributed by atoms with van der Waals surface area (Å²) in [7, 11) is 0. The number of rotatable bonds is 6. The fraction of sp³-hybridized carbons (Fsp3) is 0.455. The van der Waals surface area contributed by atoms with Gasteiger partial charge in [-0.1, -0.05) is 6.08 Å². The molecule has 0 radical (unpaired) electrons. The lowest BCUT2D eigenvalue weighted by atomic mass is 10.4. The molecule has 0 unspecified atom stereocenters. The van der Waals surface area contributed by atoms with Crippen LogP contribution in [0.3, 0.4) is 0 Å². The summed E-state index contributed by atoms with van der Waals surface area (Å²) in [6, 6.07) is -0.416. The van der Waals surface area contributed by atoms with Gasteiger partial charge in [-0.25, -0.2) is 4.79 Å². The molecule has 2 N–H and O–H groups in total. The highest BCUT2D eigenvalue weighted by Crippen LogP contribution is 1.90. The molecule has 0 atom stereocenters. The molecule has 0 aliphatic carbocycles. The minimum Gasteiger partial charge on any atom is -0.480 e. The van der Waals surface area contributed by atoms with Gasteiger partial charge < -0.3 is 15.3 Å². The highest BCUT2D eigenvalue weighted by molar-refractivity contribution is 5.80. The minimum absolute atomic E-state index is 0.206. The Morgan fingerprint density at radius 1 is 1.56 bits per heavy atom. The van der Waals surface area contributed by atoms with E-state index >= 15 is 0 Å². The lowest BCUT2D eigenvalue weighted by molar-refractivity contribution is -0.137. The third-order valence-corrected chi connectivity index (χ3v) is 1.67. The predicted molar refractivity (Wildman–Crippen MR) is 60.9 cm³/mol. The van der Waals surface area contributed by atoms with E-state index in [4.69, 9.17) is 5.11 Å². The number of amides is 2. The van der Waals surface area contributed by atoms with E-state index in [0.717, 1.165) is 4.90 Å². The average Bonchev–Trinajstić information content (AvgIpc) is 2.23. The van der Waals surface area contributed by atoms with Crippen LogP contribution in [0.1, 0.15) is 13.3 Å². The number of hydrogen-bond donors (Lipinski definition) is 2. The van der Waals surface area contributed by atoms with Gasteiger partial charge in [-0.05, 0) is 6.92 Å². The van der Waals surface area contributed by atoms with Crippen molar-refractivity contribution in [1.82, 2.24) is 10.2 Å². The summed E-state index contributed by atoms with van der Waals surface area (Å²) in [5.74, 6) is 4.45. The van der Waals surface area contributed by atoms with Crippen molar-refractivity contribution in [3.8, 4) is 11.8 Å². The number of urea groups is 1. The molecule has 0 rings (SSSR count). The maximum Gasteiger partial charge on any atom is 0.323 e. The zero-order valence-electron chi connectivity index (χ0n) is 9.32. The SMILES string of the molecule is C=CCN(CC(=O)O)C(=O)NCCC#CC. The number of hydrogen-bond acceptors (Lipinski definition) is 2. The van der Waals surface area contributed by atoms with Crippen molar-refractivity contribution in [1.29, 1.82) is 0 Å². The molecule has 0 saturated heterocycles. The van der Waals surface area contributed by atoms with E-state index in [0.29, 0.717) is 13.0 Å². The molecule has 0 aliphatic rings. The summed E-state index contributed by atoms with van der Waals surface area (Å²) in [4.78, 5) is 23.1. The van der Waals surface area contributed by atoms with Gasteiger partial charge in [-0.15, -0.1) is 18.4 Å². The van der Waals surface area contributed by atoms with E-state index in [1.54, 1.807) is 6.92 Å². The van der Waals surface area contributed by atoms with Gasteiger partial charge in [-0.3, -0.25) is 4.79 Å². The third kappa shape index (κ3) is 6.49. The molecule has 0 bridgehead atoms. The molecule has 0 aromatic rings. The van der Waals surface area contributed by atoms with Crippen LogP contribution in [0.5, 0.6) is 0 Å². The fourth-order valence-corrected chi connectivity index (χ4v) is 1.01. The number of carboxylic acid groups (broad SMARTS) is 1. The van der Waals surface area contributed by atoms with Crippen molar-refractivity contribution >= 4 is 12.0 Å². The molecular weight excluding hydrogens is 208 g/mol. The summed E-state index contributed by atoms with van der Waals surface area (Å²) >= 11 is 0. The number of nitrogens with zero attached hydrogens (tertiary/aromatic N) is 1. The Morgan fingerprint density at radius 2 is 2.25 bits per heavy atom. The molecule has 0 spiro atoms. The second kappa shape index (κ2) is 8.36. The Hall–Kier alpha value is -1.96. The molecule has 88 valence electrons. The molecule has 0 fully saturated rings. The molecular formula is C11H16N2O3. The van der Waals surface area contributed by atoms with Gasteiger partial charge in [-0.2, -0.15) is 0 Å². The van der Waals surface area contributed by atoms with Crippen LogP contribution in [0.2, 0.25) is 0 Å². The van der Waals surface area contributed by atoms with E-state index in [9.17, 15) is 9.59 Å². The summed E-state index contributed by atoms with van der Waals surface area (Å²) in [5.41, 5.74) is 0. The lowest BCUT2D eigenvalue weighted by Crippen LogP contribution is -2.43. The van der Waals surface area contributed by atoms with Gasteiger partial charge in [0.1, 0.15) is 6.54 Å². The first-order valence-corrected chi connectivity index (χ1v) is 4.87. The Labute approximate surface area is 95.1 Å². The first kappa shape index (κ1) is 14.0. The highest BCUT2D eigenvalue weighted by Gasteiger charge is 2.14. The fourth-order valence-electron chi connectivity index (χ4n) is 1.01. The second-order valence-electron chi connectivity index (χ2n) is 2.97. The van der Waals surface area contributed by atoms with Crippen molar-refractivity contribution in [3.05, 3.63) is 12.7 Å². The van der Waals surface area contributed by atoms with Gasteiger partial charge in [0, 0.05) is 19.5 Å². The van der Waals surface area contributed by atoms with Crippen LogP contribution in [-0.2, 0) is 4.79 Å². The quantitative estimate of drug-likeness (QED) is 0.396. The number of nitrogens with one attached hydrogen (secondary N) is 1. The molecule has 0 aliphatic heterocycles. The Balaban J connectivity index is 4.08. The molecule has 0 heterocycles. The largest absolute Gasteiger partial charge is 0.480 e. The Morgan fingerprint density at radius 3 is 2.75 bits per heavy atom. The second-order valence-corrected chi connectivity index (χ2v) is 2.97. The van der Waals surface area contributed by atoms with Crippen LogP contribution in [0.25, 0.3) is 0 Å². The molecule has 0 aromatic carbocycles. The number of carboxylic acids is 1. The average molecular weight is 224 g/mol. The van der Waals surface area contributed by atoms with Crippen LogP contribution >= 0.6 is 0 Å². The number of aliphatic carboxylic acids is 1. The lowest BCUT2D eigenvalue weighted by Gasteiger charge is -2.18. The van der Waals surface area contributed by atoms with Crippen LogP contribution in [0.15, 0.2) is 12.7 Å². The Bertz CT molecular complexity index is 315. The molecule has 5 nitrogen and oxygen atoms in total. The first-order valence-electron chi connectivity index (χ1n) is 4.87. The standard InChI is InChI=1S/C11H16N2O3/c1-3-5-6-7-12-11(16)13(8-4-2)9-10(14)15/h4H,2,6-9H2,1H3,(H,12,16)(H,14,15). The van der Waals surface area contributed by atoms with E-state index in [1.807, 2.05) is 0 Å². The monoisotopic (exact) mass is 224 g/mol. The minimum atomic E-state index is -1.05. The van der Waals surface area contributed by atoms with Crippen molar-refractivity contribution in [3.63, 3.8) is 0 Å². The van der Waals surface area contributed by atoms with E-state index < -0.39 is 12.0 Å². The van der Waals surface area contributed by atoms with Gasteiger partial charge in [0.15, 0.2) is 0 Å². The van der Waals surface area contributed by atoms with Gasteiger partial charge in [0.2, 0.25) is 0 Å². The van der Waals surface area contributed by atoms with Crippen molar-refractivity contribution in [2.45, 2.75) is 13.3 Å². The van der Waals surface area contributed by atoms with Gasteiger partial charge in [0.05, 0.1) is 0 Å². The van der Waals surface area contributed by atoms with Gasteiger partial charge in [0.25, 0.3) is 0 Å². The maximum atomic E-state index is 11.5. The predicted octanol–water partition coefficient (Wildman–Crippen LogP) is 0.682. The number of carbonyl (C=O) groups excluding carboxylic acids is 1. The van der Waals surface area contributed by atoms with Gasteiger partial charge >= 0.3 is 12.0 Å².